The van der Waals surface area contributed by atoms with Gasteiger partial charge in [0.05, 0.1) is 11.2 Å². The molecule has 0 amide bonds. The zero-order chi connectivity index (χ0) is 19.9. The summed E-state index contributed by atoms with van der Waals surface area (Å²) in [6.45, 7) is 6.61. The minimum absolute atomic E-state index is 0.244. The molecule has 4 atom stereocenters. The molecule has 0 heterocycles. The van der Waals surface area contributed by atoms with Crippen molar-refractivity contribution < 1.29 is 32.2 Å². The monoisotopic (exact) mass is 440 g/mol. The second-order valence-electron chi connectivity index (χ2n) is 6.79. The van der Waals surface area contributed by atoms with Crippen LogP contribution in [0.2, 0.25) is 0 Å². The van der Waals surface area contributed by atoms with Gasteiger partial charge in [-0.3, -0.25) is 14.6 Å². The number of hydrogen-bond donors (Lipinski definition) is 3. The standard InChI is InChI=1S/C12H30N2O7P2S2/c1-11(2,20-22(13)15)5-7-24(18)9-10-25(19)8-6-12(3,4)21-23(14,16)17/h22H,5-10H2,1-4H3,(H2,13,15)(H3,14,16,17). The van der Waals surface area contributed by atoms with Gasteiger partial charge in [0, 0.05) is 12.8 Å². The second-order valence-corrected chi connectivity index (χ2v) is 12.3. The first-order valence-corrected chi connectivity index (χ1v) is 13.6. The fourth-order valence-corrected chi connectivity index (χ4v) is 6.61. The zero-order valence-electron chi connectivity index (χ0n) is 15.1. The molecule has 13 heteroatoms. The molecule has 5 N–H and O–H groups in total. The van der Waals surface area contributed by atoms with Gasteiger partial charge in [-0.1, -0.05) is 0 Å². The highest BCUT2D eigenvalue weighted by Gasteiger charge is 2.29. The summed E-state index contributed by atoms with van der Waals surface area (Å²) < 4.78 is 55.9. The van der Waals surface area contributed by atoms with E-state index in [0.717, 1.165) is 0 Å². The smallest absolute Gasteiger partial charge is 0.400 e. The van der Waals surface area contributed by atoms with Crippen LogP contribution in [0.3, 0.4) is 0 Å². The van der Waals surface area contributed by atoms with Crippen LogP contribution in [0.25, 0.3) is 0 Å². The van der Waals surface area contributed by atoms with Crippen LogP contribution in [-0.4, -0.2) is 48.2 Å². The molecule has 25 heavy (non-hydrogen) atoms. The highest BCUT2D eigenvalue weighted by molar-refractivity contribution is 7.95. The highest BCUT2D eigenvalue weighted by Crippen LogP contribution is 2.38. The maximum absolute atomic E-state index is 12.0. The SMILES string of the molecule is CC(C)(CC[S+]([O-])CC[S+]([O-])CCC(C)(C)OP(N)(=O)O)O[PH](N)=O. The topological polar surface area (TPSA) is 171 Å². The molecule has 4 unspecified atom stereocenters. The van der Waals surface area contributed by atoms with E-state index in [2.05, 4.69) is 0 Å². The van der Waals surface area contributed by atoms with Gasteiger partial charge in [0.15, 0.2) is 0 Å². The molecule has 0 aromatic carbocycles. The molecule has 0 radical (unpaired) electrons. The average molecular weight is 440 g/mol. The van der Waals surface area contributed by atoms with E-state index >= 15 is 0 Å². The molecule has 0 aromatic rings. The van der Waals surface area contributed by atoms with Crippen molar-refractivity contribution in [2.45, 2.75) is 51.7 Å². The molecule has 0 spiro atoms. The number of rotatable bonds is 13. The van der Waals surface area contributed by atoms with E-state index in [1.807, 2.05) is 0 Å². The fourth-order valence-electron chi connectivity index (χ4n) is 1.83. The van der Waals surface area contributed by atoms with Crippen LogP contribution >= 0.6 is 15.9 Å². The van der Waals surface area contributed by atoms with Crippen molar-refractivity contribution in [2.24, 2.45) is 11.0 Å². The fraction of sp³-hybridized carbons (Fsp3) is 1.00. The van der Waals surface area contributed by atoms with E-state index in [-0.39, 0.29) is 23.7 Å². The van der Waals surface area contributed by atoms with Crippen LogP contribution in [0.5, 0.6) is 0 Å². The van der Waals surface area contributed by atoms with Crippen LogP contribution in [0.1, 0.15) is 40.5 Å². The Labute approximate surface area is 156 Å². The summed E-state index contributed by atoms with van der Waals surface area (Å²) in [5, 5.41) is 0. The zero-order valence-corrected chi connectivity index (χ0v) is 18.6. The number of nitrogens with two attached hydrogens (primary N) is 2. The molecule has 152 valence electrons. The minimum Gasteiger partial charge on any atom is -0.616 e. The van der Waals surface area contributed by atoms with Crippen molar-refractivity contribution in [1.82, 2.24) is 0 Å². The van der Waals surface area contributed by atoms with Crippen molar-refractivity contribution in [3.63, 3.8) is 0 Å². The van der Waals surface area contributed by atoms with Gasteiger partial charge < -0.3 is 18.5 Å². The van der Waals surface area contributed by atoms with E-state index < -0.39 is 49.5 Å². The van der Waals surface area contributed by atoms with Gasteiger partial charge in [0.25, 0.3) is 8.18 Å². The molecule has 0 aliphatic carbocycles. The Morgan fingerprint density at radius 3 is 1.80 bits per heavy atom. The summed E-state index contributed by atoms with van der Waals surface area (Å²) in [4.78, 5) is 9.03. The lowest BCUT2D eigenvalue weighted by molar-refractivity contribution is 0.0893. The Morgan fingerprint density at radius 1 is 1.04 bits per heavy atom. The molecule has 0 aliphatic heterocycles. The highest BCUT2D eigenvalue weighted by atomic mass is 32.2. The summed E-state index contributed by atoms with van der Waals surface area (Å²) in [5.41, 5.74) is 8.41. The van der Waals surface area contributed by atoms with Gasteiger partial charge >= 0.3 is 7.75 Å². The third kappa shape index (κ3) is 15.6. The normalized spacial score (nSPS) is 19.2. The Bertz CT molecular complexity index is 476. The Kier molecular flexibility index (Phi) is 11.4. The Balaban J connectivity index is 4.11. The maximum Gasteiger partial charge on any atom is 0.400 e. The Morgan fingerprint density at radius 2 is 1.44 bits per heavy atom. The van der Waals surface area contributed by atoms with Crippen LogP contribution in [-0.2, 0) is 40.5 Å². The second kappa shape index (κ2) is 11.0. The van der Waals surface area contributed by atoms with Crippen molar-refractivity contribution in [1.29, 1.82) is 0 Å². The summed E-state index contributed by atoms with van der Waals surface area (Å²) in [6.07, 6.45) is 0.697. The van der Waals surface area contributed by atoms with E-state index in [4.69, 9.17) is 24.9 Å². The Hall–Kier alpha value is 0.880. The van der Waals surface area contributed by atoms with E-state index in [9.17, 15) is 18.2 Å². The first-order chi connectivity index (χ1) is 11.1. The quantitative estimate of drug-likeness (QED) is 0.282. The average Bonchev–Trinajstić information content (AvgIpc) is 2.36. The largest absolute Gasteiger partial charge is 0.616 e. The van der Waals surface area contributed by atoms with E-state index in [0.29, 0.717) is 12.2 Å². The van der Waals surface area contributed by atoms with E-state index in [1.54, 1.807) is 27.7 Å². The van der Waals surface area contributed by atoms with Crippen LogP contribution in [0.15, 0.2) is 0 Å². The van der Waals surface area contributed by atoms with Crippen molar-refractivity contribution in [3.05, 3.63) is 0 Å². The van der Waals surface area contributed by atoms with Crippen LogP contribution < -0.4 is 11.0 Å². The molecule has 0 fully saturated rings. The first-order valence-electron chi connectivity index (χ1n) is 7.62. The lowest BCUT2D eigenvalue weighted by Gasteiger charge is -2.26. The molecule has 0 saturated heterocycles. The van der Waals surface area contributed by atoms with Gasteiger partial charge in [0.2, 0.25) is 0 Å². The maximum atomic E-state index is 12.0. The third-order valence-electron chi connectivity index (χ3n) is 3.16. The minimum atomic E-state index is -4.10. The molecular weight excluding hydrogens is 410 g/mol. The van der Waals surface area contributed by atoms with Crippen molar-refractivity contribution in [3.8, 4) is 0 Å². The summed E-state index contributed by atoms with van der Waals surface area (Å²) in [7, 11) is -6.66. The summed E-state index contributed by atoms with van der Waals surface area (Å²) >= 11 is -2.41. The summed E-state index contributed by atoms with van der Waals surface area (Å²) in [5.74, 6) is 1.08. The van der Waals surface area contributed by atoms with Crippen LogP contribution in [0, 0.1) is 0 Å². The van der Waals surface area contributed by atoms with Crippen molar-refractivity contribution in [2.75, 3.05) is 23.0 Å². The predicted octanol–water partition coefficient (Wildman–Crippen LogP) is 1.26. The molecule has 9 nitrogen and oxygen atoms in total. The first kappa shape index (κ1) is 25.9. The molecule has 0 saturated carbocycles. The molecule has 0 aromatic heterocycles. The lowest BCUT2D eigenvalue weighted by Crippen LogP contribution is -2.31. The molecule has 0 rings (SSSR count). The molecule has 0 aliphatic rings. The number of hydrogen-bond acceptors (Lipinski definition) is 6. The van der Waals surface area contributed by atoms with Gasteiger partial charge in [-0.2, -0.15) is 0 Å². The molecule has 0 bridgehead atoms. The van der Waals surface area contributed by atoms with Gasteiger partial charge in [-0.25, -0.2) is 10.1 Å². The van der Waals surface area contributed by atoms with Gasteiger partial charge in [-0.05, 0) is 50.0 Å². The van der Waals surface area contributed by atoms with Gasteiger partial charge in [-0.15, -0.1) is 0 Å². The predicted molar refractivity (Wildman–Crippen MR) is 103 cm³/mol. The van der Waals surface area contributed by atoms with E-state index in [1.165, 1.54) is 0 Å². The third-order valence-corrected chi connectivity index (χ3v) is 7.56. The molecular formula is C12H30N2O7P2S2. The lowest BCUT2D eigenvalue weighted by atomic mass is 10.1. The van der Waals surface area contributed by atoms with Gasteiger partial charge in [0.1, 0.15) is 23.0 Å². The van der Waals surface area contributed by atoms with Crippen LogP contribution in [0.4, 0.5) is 0 Å². The summed E-state index contributed by atoms with van der Waals surface area (Å²) in [6, 6.07) is 0. The van der Waals surface area contributed by atoms with Crippen molar-refractivity contribution >= 4 is 38.3 Å².